The minimum absolute atomic E-state index is 0.155. The molecule has 2 amide bonds. The average Bonchev–Trinajstić information content (AvgIpc) is 3.47. The molecule has 166 valence electrons. The van der Waals surface area contributed by atoms with Crippen LogP contribution >= 0.6 is 0 Å². The lowest BCUT2D eigenvalue weighted by atomic mass is 10.1. The number of anilines is 1. The van der Waals surface area contributed by atoms with Crippen LogP contribution < -0.4 is 5.32 Å². The maximum Gasteiger partial charge on any atom is 0.290 e. The molecule has 2 aliphatic heterocycles. The van der Waals surface area contributed by atoms with E-state index in [9.17, 15) is 18.0 Å². The van der Waals surface area contributed by atoms with Gasteiger partial charge in [0.05, 0.1) is 24.4 Å². The lowest BCUT2D eigenvalue weighted by Gasteiger charge is -2.27. The quantitative estimate of drug-likeness (QED) is 0.749. The highest BCUT2D eigenvalue weighted by atomic mass is 32.2. The molecule has 0 bridgehead atoms. The number of amides is 2. The molecule has 1 atom stereocenters. The third-order valence-corrected chi connectivity index (χ3v) is 7.63. The Morgan fingerprint density at radius 3 is 2.61 bits per heavy atom. The van der Waals surface area contributed by atoms with Gasteiger partial charge in [0.2, 0.25) is 15.9 Å². The summed E-state index contributed by atoms with van der Waals surface area (Å²) in [6.07, 6.45) is 2.65. The lowest BCUT2D eigenvalue weighted by molar-refractivity contribution is -0.119. The largest absolute Gasteiger partial charge is 0.459 e. The number of benzene rings is 1. The van der Waals surface area contributed by atoms with Crippen LogP contribution in [0.4, 0.5) is 5.69 Å². The van der Waals surface area contributed by atoms with Crippen molar-refractivity contribution in [2.24, 2.45) is 0 Å². The summed E-state index contributed by atoms with van der Waals surface area (Å²) in [5.74, 6) is -0.493. The monoisotopic (exact) mass is 447 g/mol. The molecule has 1 N–H and O–H groups in total. The van der Waals surface area contributed by atoms with Crippen molar-refractivity contribution in [3.63, 3.8) is 0 Å². The third kappa shape index (κ3) is 4.36. The van der Waals surface area contributed by atoms with E-state index < -0.39 is 16.1 Å². The highest BCUT2D eigenvalue weighted by Gasteiger charge is 2.36. The maximum absolute atomic E-state index is 13.1. The van der Waals surface area contributed by atoms with Crippen LogP contribution in [0.15, 0.2) is 45.9 Å². The Kier molecular flexibility index (Phi) is 6.12. The van der Waals surface area contributed by atoms with E-state index >= 15 is 0 Å². The first kappa shape index (κ1) is 21.5. The van der Waals surface area contributed by atoms with Crippen molar-refractivity contribution < 1.29 is 27.2 Å². The summed E-state index contributed by atoms with van der Waals surface area (Å²) < 4.78 is 38.0. The fourth-order valence-electron chi connectivity index (χ4n) is 3.93. The molecule has 0 radical (unpaired) electrons. The SMILES string of the molecule is Cc1ccc(NC(=O)[C@@H]2CCCN2C(=O)c2ccco2)cc1S(=O)(=O)N1CCOCC1. The molecule has 1 aromatic carbocycles. The molecule has 2 fully saturated rings. The standard InChI is InChI=1S/C21H25N3O6S/c1-15-6-7-16(14-19(15)31(27,28)23-9-12-29-13-10-23)22-20(25)17-4-2-8-24(17)21(26)18-5-3-11-30-18/h3,5-7,11,14,17H,2,4,8-10,12-13H2,1H3,(H,22,25)/t17-/m0/s1. The third-order valence-electron chi connectivity index (χ3n) is 5.59. The van der Waals surface area contributed by atoms with Crippen LogP contribution in [0.25, 0.3) is 0 Å². The van der Waals surface area contributed by atoms with Gasteiger partial charge in [0.15, 0.2) is 5.76 Å². The van der Waals surface area contributed by atoms with Crippen molar-refractivity contribution in [3.8, 4) is 0 Å². The number of rotatable bonds is 5. The van der Waals surface area contributed by atoms with E-state index in [4.69, 9.17) is 9.15 Å². The molecular formula is C21H25N3O6S. The van der Waals surface area contributed by atoms with E-state index in [1.54, 1.807) is 31.2 Å². The van der Waals surface area contributed by atoms with Crippen LogP contribution in [0.5, 0.6) is 0 Å². The topological polar surface area (TPSA) is 109 Å². The van der Waals surface area contributed by atoms with E-state index in [-0.39, 0.29) is 22.5 Å². The molecule has 31 heavy (non-hydrogen) atoms. The summed E-state index contributed by atoms with van der Waals surface area (Å²) in [7, 11) is -3.70. The maximum atomic E-state index is 13.1. The number of carbonyl (C=O) groups is 2. The molecule has 2 aromatic rings. The van der Waals surface area contributed by atoms with Crippen molar-refractivity contribution in [1.82, 2.24) is 9.21 Å². The van der Waals surface area contributed by atoms with Crippen LogP contribution in [-0.4, -0.2) is 68.3 Å². The zero-order chi connectivity index (χ0) is 22.0. The van der Waals surface area contributed by atoms with Crippen molar-refractivity contribution in [2.75, 3.05) is 38.2 Å². The van der Waals surface area contributed by atoms with Crippen LogP contribution in [-0.2, 0) is 19.6 Å². The van der Waals surface area contributed by atoms with Crippen molar-refractivity contribution >= 4 is 27.5 Å². The highest BCUT2D eigenvalue weighted by Crippen LogP contribution is 2.26. The predicted molar refractivity (Wildman–Crippen MR) is 112 cm³/mol. The number of hydrogen-bond donors (Lipinski definition) is 1. The van der Waals surface area contributed by atoms with Gasteiger partial charge in [-0.3, -0.25) is 9.59 Å². The highest BCUT2D eigenvalue weighted by molar-refractivity contribution is 7.89. The van der Waals surface area contributed by atoms with Crippen molar-refractivity contribution in [2.45, 2.75) is 30.7 Å². The van der Waals surface area contributed by atoms with Gasteiger partial charge >= 0.3 is 0 Å². The number of nitrogens with zero attached hydrogens (tertiary/aromatic N) is 2. The predicted octanol–water partition coefficient (Wildman–Crippen LogP) is 1.85. The van der Waals surface area contributed by atoms with E-state index in [1.165, 1.54) is 21.5 Å². The number of hydrogen-bond acceptors (Lipinski definition) is 6. The number of likely N-dealkylation sites (tertiary alicyclic amines) is 1. The molecule has 10 heteroatoms. The second-order valence-electron chi connectivity index (χ2n) is 7.62. The Balaban J connectivity index is 1.52. The van der Waals surface area contributed by atoms with Gasteiger partial charge in [-0.05, 0) is 49.6 Å². The Labute approximate surface area is 181 Å². The molecule has 0 aliphatic carbocycles. The van der Waals surface area contributed by atoms with Gasteiger partial charge in [-0.1, -0.05) is 6.07 Å². The number of furan rings is 1. The Hall–Kier alpha value is -2.69. The summed E-state index contributed by atoms with van der Waals surface area (Å²) in [5.41, 5.74) is 0.972. The molecule has 1 aromatic heterocycles. The molecule has 2 saturated heterocycles. The van der Waals surface area contributed by atoms with Crippen LogP contribution in [0.3, 0.4) is 0 Å². The molecule has 0 unspecified atom stereocenters. The van der Waals surface area contributed by atoms with Gasteiger partial charge in [-0.25, -0.2) is 8.42 Å². The minimum atomic E-state index is -3.70. The average molecular weight is 448 g/mol. The zero-order valence-corrected chi connectivity index (χ0v) is 18.1. The van der Waals surface area contributed by atoms with E-state index in [1.807, 2.05) is 0 Å². The summed E-state index contributed by atoms with van der Waals surface area (Å²) in [4.78, 5) is 27.2. The van der Waals surface area contributed by atoms with Gasteiger partial charge < -0.3 is 19.4 Å². The Bertz CT molecular complexity index is 1060. The van der Waals surface area contributed by atoms with Gasteiger partial charge in [-0.15, -0.1) is 0 Å². The summed E-state index contributed by atoms with van der Waals surface area (Å²) in [6, 6.07) is 7.37. The van der Waals surface area contributed by atoms with Crippen molar-refractivity contribution in [3.05, 3.63) is 47.9 Å². The fourth-order valence-corrected chi connectivity index (χ4v) is 5.59. The number of nitrogens with one attached hydrogen (secondary N) is 1. The summed E-state index contributed by atoms with van der Waals surface area (Å²) in [5, 5.41) is 2.79. The molecule has 9 nitrogen and oxygen atoms in total. The molecule has 0 spiro atoms. The summed E-state index contributed by atoms with van der Waals surface area (Å²) >= 11 is 0. The van der Waals surface area contributed by atoms with Crippen LogP contribution in [0.1, 0.15) is 29.0 Å². The molecule has 3 heterocycles. The second kappa shape index (κ2) is 8.81. The number of ether oxygens (including phenoxy) is 1. The number of morpholine rings is 1. The van der Waals surface area contributed by atoms with E-state index in [0.717, 1.165) is 0 Å². The number of aryl methyl sites for hydroxylation is 1. The van der Waals surface area contributed by atoms with Crippen LogP contribution in [0.2, 0.25) is 0 Å². The smallest absolute Gasteiger partial charge is 0.290 e. The Morgan fingerprint density at radius 2 is 1.90 bits per heavy atom. The first-order valence-corrected chi connectivity index (χ1v) is 11.7. The zero-order valence-electron chi connectivity index (χ0n) is 17.2. The minimum Gasteiger partial charge on any atom is -0.459 e. The normalized spacial score (nSPS) is 20.0. The van der Waals surface area contributed by atoms with Crippen LogP contribution in [0, 0.1) is 6.92 Å². The van der Waals surface area contributed by atoms with E-state index in [0.29, 0.717) is 56.9 Å². The molecular weight excluding hydrogens is 422 g/mol. The fraction of sp³-hybridized carbons (Fsp3) is 0.429. The van der Waals surface area contributed by atoms with Crippen molar-refractivity contribution in [1.29, 1.82) is 0 Å². The number of sulfonamides is 1. The second-order valence-corrected chi connectivity index (χ2v) is 9.53. The van der Waals surface area contributed by atoms with Gasteiger partial charge in [0.25, 0.3) is 5.91 Å². The Morgan fingerprint density at radius 1 is 1.13 bits per heavy atom. The summed E-state index contributed by atoms with van der Waals surface area (Å²) in [6.45, 7) is 3.49. The molecule has 0 saturated carbocycles. The number of carbonyl (C=O) groups excluding carboxylic acids is 2. The molecule has 2 aliphatic rings. The first-order valence-electron chi connectivity index (χ1n) is 10.2. The van der Waals surface area contributed by atoms with Gasteiger partial charge in [0.1, 0.15) is 6.04 Å². The van der Waals surface area contributed by atoms with Gasteiger partial charge in [-0.2, -0.15) is 4.31 Å². The molecule has 4 rings (SSSR count). The van der Waals surface area contributed by atoms with E-state index in [2.05, 4.69) is 5.32 Å². The van der Waals surface area contributed by atoms with Gasteiger partial charge in [0, 0.05) is 25.3 Å². The first-order chi connectivity index (χ1) is 14.9. The lowest BCUT2D eigenvalue weighted by Crippen LogP contribution is -2.43.